The second-order valence-electron chi connectivity index (χ2n) is 4.98. The van der Waals surface area contributed by atoms with E-state index in [-0.39, 0.29) is 11.7 Å². The Morgan fingerprint density at radius 1 is 1.38 bits per heavy atom. The van der Waals surface area contributed by atoms with Crippen molar-refractivity contribution in [3.8, 4) is 5.75 Å². The van der Waals surface area contributed by atoms with Crippen molar-refractivity contribution < 1.29 is 10.2 Å². The fourth-order valence-electron chi connectivity index (χ4n) is 2.13. The molecule has 1 saturated carbocycles. The van der Waals surface area contributed by atoms with Crippen LogP contribution in [0.5, 0.6) is 5.75 Å². The van der Waals surface area contributed by atoms with Gasteiger partial charge < -0.3 is 10.2 Å². The Hall–Kier alpha value is -0.540. The highest BCUT2D eigenvalue weighted by Gasteiger charge is 2.46. The number of phenols is 1. The topological polar surface area (TPSA) is 40.5 Å². The van der Waals surface area contributed by atoms with Crippen molar-refractivity contribution in [2.24, 2.45) is 0 Å². The summed E-state index contributed by atoms with van der Waals surface area (Å²) in [6.45, 7) is 6.01. The van der Waals surface area contributed by atoms with Crippen LogP contribution < -0.4 is 0 Å². The molecule has 1 aromatic rings. The number of hydrogen-bond acceptors (Lipinski definition) is 2. The summed E-state index contributed by atoms with van der Waals surface area (Å²) in [6, 6.07) is 1.95. The molecule has 1 aliphatic rings. The molecule has 1 aromatic carbocycles. The van der Waals surface area contributed by atoms with Crippen LogP contribution in [0.25, 0.3) is 0 Å². The minimum Gasteiger partial charge on any atom is -0.507 e. The molecule has 2 N–H and O–H groups in total. The van der Waals surface area contributed by atoms with Crippen LogP contribution in [-0.4, -0.2) is 10.2 Å². The van der Waals surface area contributed by atoms with Gasteiger partial charge in [0.2, 0.25) is 0 Å². The second-order valence-corrected chi connectivity index (χ2v) is 5.84. The summed E-state index contributed by atoms with van der Waals surface area (Å²) >= 11 is 3.50. The minimum absolute atomic E-state index is 0.248. The van der Waals surface area contributed by atoms with Crippen LogP contribution in [-0.2, 0) is 5.60 Å². The van der Waals surface area contributed by atoms with Crippen LogP contribution >= 0.6 is 15.9 Å². The van der Waals surface area contributed by atoms with Crippen molar-refractivity contribution in [3.63, 3.8) is 0 Å². The number of halogens is 1. The Morgan fingerprint density at radius 2 is 1.94 bits per heavy atom. The zero-order valence-corrected chi connectivity index (χ0v) is 11.4. The van der Waals surface area contributed by atoms with Crippen molar-refractivity contribution >= 4 is 15.9 Å². The Labute approximate surface area is 104 Å². The highest BCUT2D eigenvalue weighted by atomic mass is 79.9. The lowest BCUT2D eigenvalue weighted by Crippen LogP contribution is -2.09. The number of hydrogen-bond donors (Lipinski definition) is 2. The van der Waals surface area contributed by atoms with E-state index in [4.69, 9.17) is 0 Å². The maximum absolute atomic E-state index is 10.3. The number of phenolic OH excluding ortho intramolecular Hbond substituents is 1. The summed E-state index contributed by atoms with van der Waals surface area (Å²) in [6.07, 6.45) is 1.49. The Bertz CT molecular complexity index is 434. The molecule has 16 heavy (non-hydrogen) atoms. The van der Waals surface area contributed by atoms with E-state index in [2.05, 4.69) is 15.9 Å². The van der Waals surface area contributed by atoms with Gasteiger partial charge in [-0.3, -0.25) is 0 Å². The monoisotopic (exact) mass is 284 g/mol. The van der Waals surface area contributed by atoms with Crippen LogP contribution in [0.3, 0.4) is 0 Å². The Balaban J connectivity index is 2.66. The fraction of sp³-hybridized carbons (Fsp3) is 0.538. The third-order valence-electron chi connectivity index (χ3n) is 3.34. The Morgan fingerprint density at radius 3 is 2.38 bits per heavy atom. The summed E-state index contributed by atoms with van der Waals surface area (Å²) in [5.74, 6) is 0.522. The molecule has 88 valence electrons. The third kappa shape index (κ3) is 1.76. The highest BCUT2D eigenvalue weighted by Crippen LogP contribution is 2.52. The van der Waals surface area contributed by atoms with Gasteiger partial charge in [0.15, 0.2) is 0 Å². The quantitative estimate of drug-likeness (QED) is 0.872. The summed E-state index contributed by atoms with van der Waals surface area (Å²) in [5, 5.41) is 20.5. The molecular formula is C13H17BrO2. The van der Waals surface area contributed by atoms with E-state index in [1.165, 1.54) is 0 Å². The van der Waals surface area contributed by atoms with Crippen LogP contribution in [0, 0.1) is 6.92 Å². The molecule has 0 unspecified atom stereocenters. The molecule has 0 bridgehead atoms. The van der Waals surface area contributed by atoms with Crippen molar-refractivity contribution in [2.75, 3.05) is 0 Å². The van der Waals surface area contributed by atoms with Crippen LogP contribution in [0.2, 0.25) is 0 Å². The fourth-order valence-corrected chi connectivity index (χ4v) is 2.58. The van der Waals surface area contributed by atoms with Crippen molar-refractivity contribution in [2.45, 2.75) is 45.1 Å². The molecular weight excluding hydrogens is 268 g/mol. The molecule has 2 nitrogen and oxygen atoms in total. The molecule has 0 heterocycles. The van der Waals surface area contributed by atoms with Gasteiger partial charge >= 0.3 is 0 Å². The summed E-state index contributed by atoms with van der Waals surface area (Å²) < 4.78 is 0.962. The molecule has 1 aliphatic carbocycles. The van der Waals surface area contributed by atoms with Crippen molar-refractivity contribution in [1.29, 1.82) is 0 Å². The average molecular weight is 285 g/mol. The molecule has 0 aliphatic heterocycles. The van der Waals surface area contributed by atoms with Gasteiger partial charge in [-0.25, -0.2) is 0 Å². The van der Waals surface area contributed by atoms with Crippen molar-refractivity contribution in [1.82, 2.24) is 0 Å². The van der Waals surface area contributed by atoms with Gasteiger partial charge in [0.25, 0.3) is 0 Å². The van der Waals surface area contributed by atoms with E-state index >= 15 is 0 Å². The number of aliphatic hydroxyl groups is 1. The number of aromatic hydroxyl groups is 1. The largest absolute Gasteiger partial charge is 0.507 e. The zero-order valence-electron chi connectivity index (χ0n) is 9.84. The first-order valence-electron chi connectivity index (χ1n) is 5.61. The smallest absolute Gasteiger partial charge is 0.125 e. The van der Waals surface area contributed by atoms with E-state index in [1.807, 2.05) is 26.8 Å². The SMILES string of the molecule is Cc1c(Br)cc(C(C)C)c(O)c1C1(O)CC1. The van der Waals surface area contributed by atoms with Gasteiger partial charge in [0.05, 0.1) is 5.60 Å². The van der Waals surface area contributed by atoms with Crippen LogP contribution in [0.15, 0.2) is 10.5 Å². The normalized spacial score (nSPS) is 17.9. The number of rotatable bonds is 2. The molecule has 2 rings (SSSR count). The predicted octanol–water partition coefficient (Wildman–Crippen LogP) is 3.57. The van der Waals surface area contributed by atoms with E-state index in [1.54, 1.807) is 0 Å². The first-order chi connectivity index (χ1) is 7.37. The van der Waals surface area contributed by atoms with Crippen LogP contribution in [0.4, 0.5) is 0 Å². The van der Waals surface area contributed by atoms with Gasteiger partial charge in [0.1, 0.15) is 5.75 Å². The summed E-state index contributed by atoms with van der Waals surface area (Å²) in [7, 11) is 0. The van der Waals surface area contributed by atoms with Crippen LogP contribution in [0.1, 0.15) is 49.3 Å². The lowest BCUT2D eigenvalue weighted by Gasteiger charge is -2.20. The first kappa shape index (κ1) is 11.9. The molecule has 0 amide bonds. The van der Waals surface area contributed by atoms with Crippen molar-refractivity contribution in [3.05, 3.63) is 27.2 Å². The Kier molecular flexibility index (Phi) is 2.79. The first-order valence-corrected chi connectivity index (χ1v) is 6.41. The zero-order chi connectivity index (χ0) is 12.1. The van der Waals surface area contributed by atoms with Gasteiger partial charge in [-0.05, 0) is 42.9 Å². The van der Waals surface area contributed by atoms with Gasteiger partial charge in [-0.15, -0.1) is 0 Å². The lowest BCUT2D eigenvalue weighted by atomic mass is 9.92. The summed E-state index contributed by atoms with van der Waals surface area (Å²) in [5.41, 5.74) is 1.77. The lowest BCUT2D eigenvalue weighted by molar-refractivity contribution is 0.146. The molecule has 1 fully saturated rings. The third-order valence-corrected chi connectivity index (χ3v) is 4.16. The average Bonchev–Trinajstić information content (AvgIpc) is 2.90. The van der Waals surface area contributed by atoms with E-state index in [0.717, 1.165) is 28.4 Å². The van der Waals surface area contributed by atoms with E-state index < -0.39 is 5.60 Å². The van der Waals surface area contributed by atoms with Gasteiger partial charge in [-0.1, -0.05) is 29.8 Å². The molecule has 0 spiro atoms. The standard InChI is InChI=1S/C13H17BrO2/c1-7(2)9-6-10(14)8(3)11(12(9)15)13(16)4-5-13/h6-7,15-16H,4-5H2,1-3H3. The maximum atomic E-state index is 10.3. The molecule has 3 heteroatoms. The number of benzene rings is 1. The minimum atomic E-state index is -0.790. The molecule has 0 atom stereocenters. The molecule has 0 radical (unpaired) electrons. The molecule has 0 saturated heterocycles. The van der Waals surface area contributed by atoms with E-state index in [9.17, 15) is 10.2 Å². The second kappa shape index (κ2) is 3.74. The predicted molar refractivity (Wildman–Crippen MR) is 67.8 cm³/mol. The summed E-state index contributed by atoms with van der Waals surface area (Å²) in [4.78, 5) is 0. The maximum Gasteiger partial charge on any atom is 0.125 e. The molecule has 0 aromatic heterocycles. The van der Waals surface area contributed by atoms with Gasteiger partial charge in [-0.2, -0.15) is 0 Å². The highest BCUT2D eigenvalue weighted by molar-refractivity contribution is 9.10. The van der Waals surface area contributed by atoms with E-state index in [0.29, 0.717) is 5.56 Å². The van der Waals surface area contributed by atoms with Gasteiger partial charge in [0, 0.05) is 10.0 Å².